The van der Waals surface area contributed by atoms with Crippen molar-refractivity contribution in [2.24, 2.45) is 0 Å². The van der Waals surface area contributed by atoms with Crippen LogP contribution in [0.2, 0.25) is 0 Å². The van der Waals surface area contributed by atoms with E-state index in [1.165, 1.54) is 0 Å². The Morgan fingerprint density at radius 1 is 1.05 bits per heavy atom. The molecule has 0 aliphatic heterocycles. The first-order valence-electron chi connectivity index (χ1n) is 6.92. The molecule has 0 saturated heterocycles. The third-order valence-corrected chi connectivity index (χ3v) is 4.25. The van der Waals surface area contributed by atoms with Crippen LogP contribution in [0.1, 0.15) is 5.69 Å². The van der Waals surface area contributed by atoms with Crippen LogP contribution in [0.4, 0.5) is 5.95 Å². The second-order valence-corrected chi connectivity index (χ2v) is 5.69. The lowest BCUT2D eigenvalue weighted by Crippen LogP contribution is -2.01. The Bertz CT molecular complexity index is 864. The molecule has 0 amide bonds. The van der Waals surface area contributed by atoms with Crippen molar-refractivity contribution in [3.8, 4) is 10.6 Å². The SMILES string of the molecule is c1ccc2[nH]c(NCc3csc(-c4ccncc4)n3)nc2c1. The van der Waals surface area contributed by atoms with Crippen molar-refractivity contribution in [1.82, 2.24) is 19.9 Å². The van der Waals surface area contributed by atoms with Gasteiger partial charge in [-0.15, -0.1) is 11.3 Å². The number of H-pyrrole nitrogens is 1. The number of pyridine rings is 1. The number of imidazole rings is 1. The zero-order chi connectivity index (χ0) is 14.8. The zero-order valence-electron chi connectivity index (χ0n) is 11.7. The van der Waals surface area contributed by atoms with Gasteiger partial charge >= 0.3 is 0 Å². The van der Waals surface area contributed by atoms with E-state index in [-0.39, 0.29) is 0 Å². The maximum Gasteiger partial charge on any atom is 0.201 e. The molecule has 0 radical (unpaired) electrons. The Hall–Kier alpha value is -2.73. The van der Waals surface area contributed by atoms with Crippen LogP contribution < -0.4 is 5.32 Å². The van der Waals surface area contributed by atoms with Gasteiger partial charge in [-0.05, 0) is 24.3 Å². The van der Waals surface area contributed by atoms with E-state index in [0.717, 1.165) is 33.2 Å². The summed E-state index contributed by atoms with van der Waals surface area (Å²) in [5.74, 6) is 0.764. The summed E-state index contributed by atoms with van der Waals surface area (Å²) in [6.45, 7) is 0.640. The van der Waals surface area contributed by atoms with Crippen molar-refractivity contribution < 1.29 is 0 Å². The van der Waals surface area contributed by atoms with Gasteiger partial charge in [0.15, 0.2) is 0 Å². The molecule has 3 aromatic heterocycles. The van der Waals surface area contributed by atoms with E-state index in [1.807, 2.05) is 36.4 Å². The molecule has 0 aliphatic carbocycles. The van der Waals surface area contributed by atoms with Crippen LogP contribution in [0.5, 0.6) is 0 Å². The van der Waals surface area contributed by atoms with Crippen LogP contribution in [-0.2, 0) is 6.54 Å². The van der Waals surface area contributed by atoms with Crippen LogP contribution >= 0.6 is 11.3 Å². The summed E-state index contributed by atoms with van der Waals surface area (Å²) >= 11 is 1.63. The number of nitrogens with zero attached hydrogens (tertiary/aromatic N) is 3. The van der Waals surface area contributed by atoms with Crippen molar-refractivity contribution in [2.45, 2.75) is 6.54 Å². The number of rotatable bonds is 4. The molecule has 6 heteroatoms. The van der Waals surface area contributed by atoms with Crippen molar-refractivity contribution >= 4 is 28.3 Å². The van der Waals surface area contributed by atoms with Gasteiger partial charge in [0.25, 0.3) is 0 Å². The van der Waals surface area contributed by atoms with E-state index < -0.39 is 0 Å². The third kappa shape index (κ3) is 2.56. The molecule has 0 fully saturated rings. The Morgan fingerprint density at radius 3 is 2.77 bits per heavy atom. The monoisotopic (exact) mass is 307 g/mol. The number of anilines is 1. The van der Waals surface area contributed by atoms with E-state index in [9.17, 15) is 0 Å². The average molecular weight is 307 g/mol. The Morgan fingerprint density at radius 2 is 1.91 bits per heavy atom. The number of aromatic amines is 1. The molecule has 108 valence electrons. The van der Waals surface area contributed by atoms with E-state index in [1.54, 1.807) is 23.7 Å². The minimum Gasteiger partial charge on any atom is -0.350 e. The molecule has 4 rings (SSSR count). The Kier molecular flexibility index (Phi) is 3.29. The summed E-state index contributed by atoms with van der Waals surface area (Å²) in [6.07, 6.45) is 3.56. The first-order valence-corrected chi connectivity index (χ1v) is 7.80. The summed E-state index contributed by atoms with van der Waals surface area (Å²) in [4.78, 5) is 16.4. The molecular formula is C16H13N5S. The first-order chi connectivity index (χ1) is 10.9. The summed E-state index contributed by atoms with van der Waals surface area (Å²) in [5.41, 5.74) is 4.08. The summed E-state index contributed by atoms with van der Waals surface area (Å²) in [5, 5.41) is 6.34. The number of thiazole rings is 1. The minimum absolute atomic E-state index is 0.640. The second kappa shape index (κ2) is 5.57. The number of para-hydroxylation sites is 2. The average Bonchev–Trinajstić information content (AvgIpc) is 3.20. The Balaban J connectivity index is 1.49. The van der Waals surface area contributed by atoms with Crippen LogP contribution in [0.3, 0.4) is 0 Å². The lowest BCUT2D eigenvalue weighted by Gasteiger charge is -1.99. The molecule has 1 aromatic carbocycles. The number of hydrogen-bond acceptors (Lipinski definition) is 5. The molecule has 5 nitrogen and oxygen atoms in total. The third-order valence-electron chi connectivity index (χ3n) is 3.31. The molecule has 0 aliphatic rings. The van der Waals surface area contributed by atoms with Gasteiger partial charge in [0, 0.05) is 23.3 Å². The van der Waals surface area contributed by atoms with Gasteiger partial charge in [-0.25, -0.2) is 9.97 Å². The van der Waals surface area contributed by atoms with Crippen molar-refractivity contribution in [3.05, 3.63) is 59.9 Å². The second-order valence-electron chi connectivity index (χ2n) is 4.84. The number of nitrogens with one attached hydrogen (secondary N) is 2. The molecule has 0 unspecified atom stereocenters. The molecular weight excluding hydrogens is 294 g/mol. The standard InChI is InChI=1S/C16H13N5S/c1-2-4-14-13(3-1)20-16(21-14)18-9-12-10-22-15(19-12)11-5-7-17-8-6-11/h1-8,10H,9H2,(H2,18,20,21). The normalized spacial score (nSPS) is 10.9. The molecule has 4 aromatic rings. The van der Waals surface area contributed by atoms with Crippen molar-refractivity contribution in [2.75, 3.05) is 5.32 Å². The van der Waals surface area contributed by atoms with Crippen molar-refractivity contribution in [1.29, 1.82) is 0 Å². The molecule has 3 heterocycles. The minimum atomic E-state index is 0.640. The van der Waals surface area contributed by atoms with Gasteiger partial charge in [-0.2, -0.15) is 0 Å². The highest BCUT2D eigenvalue weighted by Gasteiger charge is 2.06. The van der Waals surface area contributed by atoms with Gasteiger partial charge in [0.05, 0.1) is 23.3 Å². The summed E-state index contributed by atoms with van der Waals surface area (Å²) < 4.78 is 0. The molecule has 0 spiro atoms. The maximum atomic E-state index is 4.64. The van der Waals surface area contributed by atoms with Crippen LogP contribution in [-0.4, -0.2) is 19.9 Å². The van der Waals surface area contributed by atoms with Gasteiger partial charge in [0.2, 0.25) is 5.95 Å². The van der Waals surface area contributed by atoms with Crippen LogP contribution in [0, 0.1) is 0 Å². The molecule has 22 heavy (non-hydrogen) atoms. The zero-order valence-corrected chi connectivity index (χ0v) is 12.5. The fourth-order valence-corrected chi connectivity index (χ4v) is 3.05. The number of fused-ring (bicyclic) bond motifs is 1. The number of hydrogen-bond donors (Lipinski definition) is 2. The summed E-state index contributed by atoms with van der Waals surface area (Å²) in [6, 6.07) is 11.9. The van der Waals surface area contributed by atoms with Crippen molar-refractivity contribution in [3.63, 3.8) is 0 Å². The van der Waals surface area contributed by atoms with Gasteiger partial charge in [-0.1, -0.05) is 12.1 Å². The lowest BCUT2D eigenvalue weighted by atomic mass is 10.3. The fourth-order valence-electron chi connectivity index (χ4n) is 2.23. The van der Waals surface area contributed by atoms with E-state index in [4.69, 9.17) is 0 Å². The highest BCUT2D eigenvalue weighted by Crippen LogP contribution is 2.23. The van der Waals surface area contributed by atoms with Gasteiger partial charge < -0.3 is 10.3 Å². The quantitative estimate of drug-likeness (QED) is 0.603. The van der Waals surface area contributed by atoms with Crippen LogP contribution in [0.25, 0.3) is 21.6 Å². The van der Waals surface area contributed by atoms with Gasteiger partial charge in [-0.3, -0.25) is 4.98 Å². The lowest BCUT2D eigenvalue weighted by molar-refractivity contribution is 1.05. The van der Waals surface area contributed by atoms with E-state index in [0.29, 0.717) is 6.54 Å². The number of benzene rings is 1. The fraction of sp³-hybridized carbons (Fsp3) is 0.0625. The van der Waals surface area contributed by atoms with Gasteiger partial charge in [0.1, 0.15) is 5.01 Å². The topological polar surface area (TPSA) is 66.5 Å². The summed E-state index contributed by atoms with van der Waals surface area (Å²) in [7, 11) is 0. The number of aromatic nitrogens is 4. The smallest absolute Gasteiger partial charge is 0.201 e. The highest BCUT2D eigenvalue weighted by atomic mass is 32.1. The first kappa shape index (κ1) is 13.0. The van der Waals surface area contributed by atoms with E-state index >= 15 is 0 Å². The Labute approximate surface area is 131 Å². The largest absolute Gasteiger partial charge is 0.350 e. The predicted molar refractivity (Wildman–Crippen MR) is 88.8 cm³/mol. The van der Waals surface area contributed by atoms with E-state index in [2.05, 4.69) is 30.6 Å². The molecule has 0 bridgehead atoms. The predicted octanol–water partition coefficient (Wildman–Crippen LogP) is 3.69. The van der Waals surface area contributed by atoms with Crippen LogP contribution in [0.15, 0.2) is 54.2 Å². The molecule has 0 atom stereocenters. The highest BCUT2D eigenvalue weighted by molar-refractivity contribution is 7.13. The maximum absolute atomic E-state index is 4.64. The molecule has 0 saturated carbocycles. The molecule has 2 N–H and O–H groups in total.